The minimum Gasteiger partial charge on any atom is -0.393 e. The number of unbranched alkanes of at least 4 members (excludes halogenated alkanes) is 9. The molecule has 0 fully saturated rings. The predicted molar refractivity (Wildman–Crippen MR) is 107 cm³/mol. The van der Waals surface area contributed by atoms with Crippen LogP contribution in [-0.2, 0) is 10.1 Å². The molecule has 0 bridgehead atoms. The molecule has 0 aliphatic rings. The molecule has 5 heteroatoms. The number of hydrogen-bond donors (Lipinski definition) is 2. The van der Waals surface area contributed by atoms with Crippen molar-refractivity contribution in [3.05, 3.63) is 0 Å². The Bertz CT molecular complexity index is 381. The quantitative estimate of drug-likeness (QED) is 0.230. The first-order chi connectivity index (χ1) is 11.9. The summed E-state index contributed by atoms with van der Waals surface area (Å²) in [7, 11) is -3.97. The molecule has 0 aromatic heterocycles. The van der Waals surface area contributed by atoms with E-state index in [1.807, 2.05) is 0 Å². The van der Waals surface area contributed by atoms with Gasteiger partial charge >= 0.3 is 0 Å². The molecule has 0 radical (unpaired) electrons. The van der Waals surface area contributed by atoms with E-state index in [9.17, 15) is 18.1 Å². The van der Waals surface area contributed by atoms with E-state index in [2.05, 4.69) is 13.8 Å². The second kappa shape index (κ2) is 16.1. The summed E-state index contributed by atoms with van der Waals surface area (Å²) >= 11 is 0. The van der Waals surface area contributed by atoms with Crippen LogP contribution >= 0.6 is 0 Å². The van der Waals surface area contributed by atoms with Crippen LogP contribution in [0.2, 0.25) is 0 Å². The molecule has 4 nitrogen and oxygen atoms in total. The molecule has 0 saturated heterocycles. The Morgan fingerprint density at radius 1 is 0.640 bits per heavy atom. The van der Waals surface area contributed by atoms with Crippen molar-refractivity contribution in [1.82, 2.24) is 0 Å². The maximum Gasteiger partial charge on any atom is 0.267 e. The van der Waals surface area contributed by atoms with E-state index in [0.29, 0.717) is 25.7 Å². The number of aliphatic hydroxyl groups is 1. The second-order valence-corrected chi connectivity index (χ2v) is 9.18. The topological polar surface area (TPSA) is 74.6 Å². The minimum atomic E-state index is -3.97. The molecule has 0 rings (SSSR count). The van der Waals surface area contributed by atoms with Gasteiger partial charge in [-0.3, -0.25) is 4.55 Å². The third-order valence-corrected chi connectivity index (χ3v) is 6.32. The van der Waals surface area contributed by atoms with Crippen molar-refractivity contribution in [3.8, 4) is 0 Å². The summed E-state index contributed by atoms with van der Waals surface area (Å²) < 4.78 is 32.5. The molecule has 152 valence electrons. The summed E-state index contributed by atoms with van der Waals surface area (Å²) in [5, 5.41) is 9.26. The van der Waals surface area contributed by atoms with Crippen molar-refractivity contribution in [1.29, 1.82) is 0 Å². The molecule has 0 aliphatic heterocycles. The molecule has 2 unspecified atom stereocenters. The number of aliphatic hydroxyl groups excluding tert-OH is 1. The van der Waals surface area contributed by atoms with Gasteiger partial charge in [0, 0.05) is 0 Å². The standard InChI is InChI=1S/C20H42O4S/c1-3-5-7-8-9-10-11-13-17-20(25(22,23)24)18-14-16-19(21)15-12-6-4-2/h19-21H,3-18H2,1-2H3,(H,22,23,24). The number of rotatable bonds is 18. The van der Waals surface area contributed by atoms with Gasteiger partial charge in [0.1, 0.15) is 0 Å². The lowest BCUT2D eigenvalue weighted by Gasteiger charge is -2.15. The number of hydrogen-bond acceptors (Lipinski definition) is 3. The molecular formula is C20H42O4S. The first-order valence-electron chi connectivity index (χ1n) is 10.6. The molecular weight excluding hydrogens is 336 g/mol. The third-order valence-electron chi connectivity index (χ3n) is 5.01. The highest BCUT2D eigenvalue weighted by atomic mass is 32.2. The summed E-state index contributed by atoms with van der Waals surface area (Å²) in [4.78, 5) is 0. The van der Waals surface area contributed by atoms with Crippen molar-refractivity contribution in [3.63, 3.8) is 0 Å². The van der Waals surface area contributed by atoms with Crippen LogP contribution in [0.25, 0.3) is 0 Å². The van der Waals surface area contributed by atoms with Crippen LogP contribution in [0.4, 0.5) is 0 Å². The monoisotopic (exact) mass is 378 g/mol. The molecule has 2 atom stereocenters. The smallest absolute Gasteiger partial charge is 0.267 e. The van der Waals surface area contributed by atoms with E-state index in [1.54, 1.807) is 0 Å². The summed E-state index contributed by atoms with van der Waals surface area (Å²) in [5.74, 6) is 0. The molecule has 25 heavy (non-hydrogen) atoms. The fourth-order valence-electron chi connectivity index (χ4n) is 3.30. The maximum absolute atomic E-state index is 11.5. The highest BCUT2D eigenvalue weighted by Crippen LogP contribution is 2.19. The Morgan fingerprint density at radius 3 is 1.60 bits per heavy atom. The normalized spacial score (nSPS) is 14.6. The zero-order valence-electron chi connectivity index (χ0n) is 16.6. The van der Waals surface area contributed by atoms with Gasteiger partial charge in [-0.25, -0.2) is 0 Å². The first-order valence-corrected chi connectivity index (χ1v) is 12.1. The van der Waals surface area contributed by atoms with Crippen LogP contribution in [0.1, 0.15) is 117 Å². The van der Waals surface area contributed by atoms with Gasteiger partial charge in [0.25, 0.3) is 10.1 Å². The molecule has 0 spiro atoms. The van der Waals surface area contributed by atoms with E-state index < -0.39 is 15.4 Å². The van der Waals surface area contributed by atoms with Crippen LogP contribution in [0, 0.1) is 0 Å². The summed E-state index contributed by atoms with van der Waals surface area (Å²) in [6.45, 7) is 4.34. The predicted octanol–water partition coefficient (Wildman–Crippen LogP) is 5.89. The highest BCUT2D eigenvalue weighted by Gasteiger charge is 2.22. The lowest BCUT2D eigenvalue weighted by Crippen LogP contribution is -2.21. The Kier molecular flexibility index (Phi) is 16.0. The summed E-state index contributed by atoms with van der Waals surface area (Å²) in [6.07, 6.45) is 15.4. The minimum absolute atomic E-state index is 0.336. The second-order valence-electron chi connectivity index (χ2n) is 7.48. The summed E-state index contributed by atoms with van der Waals surface area (Å²) in [6, 6.07) is 0. The molecule has 0 aromatic rings. The third kappa shape index (κ3) is 15.8. The molecule has 0 amide bonds. The highest BCUT2D eigenvalue weighted by molar-refractivity contribution is 7.86. The average Bonchev–Trinajstić information content (AvgIpc) is 2.54. The van der Waals surface area contributed by atoms with E-state index in [1.165, 1.54) is 32.1 Å². The van der Waals surface area contributed by atoms with Crippen molar-refractivity contribution in [2.24, 2.45) is 0 Å². The van der Waals surface area contributed by atoms with Crippen molar-refractivity contribution < 1.29 is 18.1 Å². The summed E-state index contributed by atoms with van der Waals surface area (Å²) in [5.41, 5.74) is 0. The molecule has 0 aromatic carbocycles. The van der Waals surface area contributed by atoms with Crippen molar-refractivity contribution in [2.75, 3.05) is 0 Å². The molecule has 0 saturated carbocycles. The Labute approximate surface area is 156 Å². The van der Waals surface area contributed by atoms with Crippen molar-refractivity contribution in [2.45, 2.75) is 128 Å². The lowest BCUT2D eigenvalue weighted by molar-refractivity contribution is 0.147. The zero-order chi connectivity index (χ0) is 19.0. The lowest BCUT2D eigenvalue weighted by atomic mass is 10.0. The van der Waals surface area contributed by atoms with Crippen molar-refractivity contribution >= 4 is 10.1 Å². The van der Waals surface area contributed by atoms with E-state index in [4.69, 9.17) is 0 Å². The zero-order valence-corrected chi connectivity index (χ0v) is 17.4. The molecule has 0 aliphatic carbocycles. The van der Waals surface area contributed by atoms with Crippen LogP contribution in [0.3, 0.4) is 0 Å². The van der Waals surface area contributed by atoms with E-state index in [-0.39, 0.29) is 6.10 Å². The van der Waals surface area contributed by atoms with Gasteiger partial charge in [-0.1, -0.05) is 84.5 Å². The maximum atomic E-state index is 11.5. The van der Waals surface area contributed by atoms with Gasteiger partial charge in [0.2, 0.25) is 0 Å². The molecule has 2 N–H and O–H groups in total. The van der Waals surface area contributed by atoms with E-state index >= 15 is 0 Å². The fourth-order valence-corrected chi connectivity index (χ4v) is 4.23. The largest absolute Gasteiger partial charge is 0.393 e. The van der Waals surface area contributed by atoms with Gasteiger partial charge in [-0.2, -0.15) is 8.42 Å². The van der Waals surface area contributed by atoms with Gasteiger partial charge in [-0.15, -0.1) is 0 Å². The van der Waals surface area contributed by atoms with Crippen LogP contribution in [-0.4, -0.2) is 29.4 Å². The fraction of sp³-hybridized carbons (Fsp3) is 1.00. The Hall–Kier alpha value is -0.130. The van der Waals surface area contributed by atoms with Gasteiger partial charge < -0.3 is 5.11 Å². The van der Waals surface area contributed by atoms with Gasteiger partial charge in [-0.05, 0) is 32.1 Å². The van der Waals surface area contributed by atoms with Crippen LogP contribution in [0.15, 0.2) is 0 Å². The van der Waals surface area contributed by atoms with E-state index in [0.717, 1.165) is 44.9 Å². The molecule has 0 heterocycles. The van der Waals surface area contributed by atoms with Crippen LogP contribution < -0.4 is 0 Å². The SMILES string of the molecule is CCCCCCCCCCC(CCCC(O)CCCCC)S(=O)(=O)O. The van der Waals surface area contributed by atoms with Gasteiger partial charge in [0.15, 0.2) is 0 Å². The first kappa shape index (κ1) is 24.9. The van der Waals surface area contributed by atoms with Gasteiger partial charge in [0.05, 0.1) is 11.4 Å². The van der Waals surface area contributed by atoms with Crippen LogP contribution in [0.5, 0.6) is 0 Å². The average molecular weight is 379 g/mol. The Balaban J connectivity index is 3.87. The Morgan fingerprint density at radius 2 is 1.04 bits per heavy atom.